The van der Waals surface area contributed by atoms with Gasteiger partial charge in [0.25, 0.3) is 6.29 Å². The van der Waals surface area contributed by atoms with E-state index in [0.717, 1.165) is 148 Å². The van der Waals surface area contributed by atoms with E-state index in [2.05, 4.69) is 172 Å². The molecule has 0 spiro atoms. The quantitative estimate of drug-likeness (QED) is 0.0211. The van der Waals surface area contributed by atoms with E-state index in [1.165, 1.54) is 38.5 Å². The van der Waals surface area contributed by atoms with Crippen LogP contribution in [0.2, 0.25) is 0 Å². The van der Waals surface area contributed by atoms with Gasteiger partial charge < -0.3 is 28.5 Å². The number of unbranched alkanes of at least 4 members (excludes halogenated alkanes) is 15. The number of likely N-dealkylation sites (N-methyl/N-ethyl adjacent to an activating group) is 1. The van der Waals surface area contributed by atoms with Gasteiger partial charge in [0.15, 0.2) is 6.10 Å². The lowest BCUT2D eigenvalue weighted by Gasteiger charge is -2.25. The number of carbonyl (C=O) groups excluding carboxylic acids is 2. The van der Waals surface area contributed by atoms with E-state index < -0.39 is 24.3 Å². The Morgan fingerprint density at radius 1 is 0.383 bits per heavy atom. The molecule has 0 saturated carbocycles. The van der Waals surface area contributed by atoms with Crippen LogP contribution < -0.4 is 0 Å². The molecule has 456 valence electrons. The van der Waals surface area contributed by atoms with Crippen LogP contribution in [0, 0.1) is 0 Å². The fourth-order valence-corrected chi connectivity index (χ4v) is 7.93. The molecule has 0 amide bonds. The van der Waals surface area contributed by atoms with Crippen LogP contribution in [-0.2, 0) is 33.3 Å². The Labute approximate surface area is 495 Å². The predicted molar refractivity (Wildman–Crippen MR) is 345 cm³/mol. The Kier molecular flexibility index (Phi) is 57.2. The monoisotopic (exact) mass is 1120 g/mol. The van der Waals surface area contributed by atoms with Crippen LogP contribution in [0.1, 0.15) is 219 Å². The standard InChI is InChI=1S/C72H115NO8/c1-6-8-10-12-14-16-18-20-22-24-26-27-28-29-30-31-32-33-34-35-36-37-38-39-40-41-42-43-45-47-49-51-53-55-57-59-61-63-70(75)81-68(67-80-72(71(76)77)78-65-64-73(3,4)5)66-79-69(74)62-60-58-56-54-52-50-48-46-44-25-23-21-19-17-15-13-11-9-7-2/h8,10,14-17,20-23,26-27,29-30,32-33,35-36,38-39,41-42,44-47,68,72H,6-7,9,11-13,18-19,24-25,28,31,34,37,40,43,48-67H2,1-5H3/p+1/b10-8-,16-14-,17-15-,22-20-,23-21-,27-26-,30-29-,33-32-,36-35-,39-38-,42-41-,46-44-,47-45-. The molecule has 2 atom stereocenters. The van der Waals surface area contributed by atoms with Gasteiger partial charge in [-0.15, -0.1) is 0 Å². The van der Waals surface area contributed by atoms with Crippen molar-refractivity contribution in [2.24, 2.45) is 0 Å². The second-order valence-electron chi connectivity index (χ2n) is 21.6. The molecule has 1 N–H and O–H groups in total. The average molecular weight is 1120 g/mol. The summed E-state index contributed by atoms with van der Waals surface area (Å²) in [5.74, 6) is -2.06. The third-order valence-electron chi connectivity index (χ3n) is 12.8. The highest BCUT2D eigenvalue weighted by Gasteiger charge is 2.25. The van der Waals surface area contributed by atoms with E-state index in [9.17, 15) is 19.5 Å². The summed E-state index contributed by atoms with van der Waals surface area (Å²) in [6.45, 7) is 4.68. The van der Waals surface area contributed by atoms with Crippen molar-refractivity contribution in [1.82, 2.24) is 0 Å². The van der Waals surface area contributed by atoms with Crippen molar-refractivity contribution in [3.63, 3.8) is 0 Å². The van der Waals surface area contributed by atoms with Crippen LogP contribution in [0.15, 0.2) is 158 Å². The van der Waals surface area contributed by atoms with Gasteiger partial charge in [-0.25, -0.2) is 4.79 Å². The van der Waals surface area contributed by atoms with E-state index >= 15 is 0 Å². The molecule has 0 aromatic heterocycles. The van der Waals surface area contributed by atoms with Crippen LogP contribution in [0.5, 0.6) is 0 Å². The summed E-state index contributed by atoms with van der Waals surface area (Å²) >= 11 is 0. The zero-order valence-electron chi connectivity index (χ0n) is 51.9. The van der Waals surface area contributed by atoms with Gasteiger partial charge in [0.2, 0.25) is 0 Å². The van der Waals surface area contributed by atoms with Crippen LogP contribution in [0.25, 0.3) is 0 Å². The molecule has 2 unspecified atom stereocenters. The highest BCUT2D eigenvalue weighted by Crippen LogP contribution is 2.14. The molecule has 0 rings (SSSR count). The lowest BCUT2D eigenvalue weighted by atomic mass is 10.1. The van der Waals surface area contributed by atoms with E-state index in [0.29, 0.717) is 17.4 Å². The molecule has 0 aliphatic carbocycles. The number of hydrogen-bond donors (Lipinski definition) is 1. The van der Waals surface area contributed by atoms with Crippen molar-refractivity contribution >= 4 is 17.9 Å². The van der Waals surface area contributed by atoms with Gasteiger partial charge in [0, 0.05) is 12.8 Å². The summed E-state index contributed by atoms with van der Waals surface area (Å²) < 4.78 is 22.9. The minimum absolute atomic E-state index is 0.173. The first-order chi connectivity index (χ1) is 39.6. The number of carboxylic acid groups (broad SMARTS) is 1. The molecular weight excluding hydrogens is 1010 g/mol. The first-order valence-electron chi connectivity index (χ1n) is 31.6. The molecule has 0 aromatic rings. The maximum absolute atomic E-state index is 12.9. The first kappa shape index (κ1) is 75.9. The lowest BCUT2D eigenvalue weighted by molar-refractivity contribution is -0.870. The molecule has 0 aromatic carbocycles. The Morgan fingerprint density at radius 2 is 0.704 bits per heavy atom. The van der Waals surface area contributed by atoms with Crippen molar-refractivity contribution in [1.29, 1.82) is 0 Å². The van der Waals surface area contributed by atoms with E-state index in [4.69, 9.17) is 18.9 Å². The Bertz CT molecular complexity index is 1880. The number of allylic oxidation sites excluding steroid dienone is 26. The molecule has 0 fully saturated rings. The van der Waals surface area contributed by atoms with Crippen LogP contribution in [0.3, 0.4) is 0 Å². The molecule has 0 saturated heterocycles. The Hall–Kier alpha value is -5.09. The SMILES string of the molecule is CC/C=C\C/C=C\C/C=C\C/C=C\C/C=C\C/C=C\C/C=C\C/C=C\C/C=C\C/C=C\CCCCCCCCC(=O)OC(COC(=O)CCCCCCCC/C=C\C/C=C\C/C=C\CCCCC)COC(OCC[N+](C)(C)C)C(=O)O. The molecule has 0 bridgehead atoms. The van der Waals surface area contributed by atoms with Crippen molar-refractivity contribution in [2.75, 3.05) is 47.5 Å². The van der Waals surface area contributed by atoms with Gasteiger partial charge in [-0.1, -0.05) is 236 Å². The largest absolute Gasteiger partial charge is 0.477 e. The molecule has 81 heavy (non-hydrogen) atoms. The number of quaternary nitrogens is 1. The molecule has 9 nitrogen and oxygen atoms in total. The van der Waals surface area contributed by atoms with Gasteiger partial charge in [0.1, 0.15) is 13.2 Å². The van der Waals surface area contributed by atoms with Crippen molar-refractivity contribution in [3.8, 4) is 0 Å². The van der Waals surface area contributed by atoms with Crippen molar-refractivity contribution in [3.05, 3.63) is 158 Å². The summed E-state index contributed by atoms with van der Waals surface area (Å²) in [7, 11) is 5.95. The minimum Gasteiger partial charge on any atom is -0.477 e. The van der Waals surface area contributed by atoms with Gasteiger partial charge in [-0.3, -0.25) is 9.59 Å². The van der Waals surface area contributed by atoms with Gasteiger partial charge >= 0.3 is 17.9 Å². The molecular formula is C72H116NO8+. The number of hydrogen-bond acceptors (Lipinski definition) is 7. The van der Waals surface area contributed by atoms with E-state index in [-0.39, 0.29) is 38.6 Å². The van der Waals surface area contributed by atoms with E-state index in [1.54, 1.807) is 0 Å². The Morgan fingerprint density at radius 3 is 1.05 bits per heavy atom. The lowest BCUT2D eigenvalue weighted by Crippen LogP contribution is -2.40. The summed E-state index contributed by atoms with van der Waals surface area (Å²) in [4.78, 5) is 37.5. The summed E-state index contributed by atoms with van der Waals surface area (Å²) in [5, 5.41) is 9.72. The number of rotatable bonds is 56. The second kappa shape index (κ2) is 61.0. The van der Waals surface area contributed by atoms with Crippen molar-refractivity contribution < 1.29 is 42.9 Å². The highest BCUT2D eigenvalue weighted by molar-refractivity contribution is 5.71. The summed E-state index contributed by atoms with van der Waals surface area (Å²) in [5.41, 5.74) is 0. The second-order valence-corrected chi connectivity index (χ2v) is 21.6. The predicted octanol–water partition coefficient (Wildman–Crippen LogP) is 19.3. The fourth-order valence-electron chi connectivity index (χ4n) is 7.93. The summed E-state index contributed by atoms with van der Waals surface area (Å²) in [6, 6.07) is 0. The zero-order valence-corrected chi connectivity index (χ0v) is 51.9. The third kappa shape index (κ3) is 62.4. The number of carbonyl (C=O) groups is 3. The fraction of sp³-hybridized carbons (Fsp3) is 0.597. The molecule has 0 radical (unpaired) electrons. The molecule has 0 aliphatic heterocycles. The zero-order chi connectivity index (χ0) is 59.1. The topological polar surface area (TPSA) is 108 Å². The number of nitrogens with zero attached hydrogens (tertiary/aromatic N) is 1. The third-order valence-corrected chi connectivity index (χ3v) is 12.8. The number of aliphatic carboxylic acids is 1. The molecule has 9 heteroatoms. The normalized spacial score (nSPS) is 13.8. The number of carboxylic acids is 1. The average Bonchev–Trinajstić information content (AvgIpc) is 3.44. The maximum atomic E-state index is 12.9. The van der Waals surface area contributed by atoms with E-state index in [1.807, 2.05) is 21.1 Å². The van der Waals surface area contributed by atoms with Gasteiger partial charge in [-0.2, -0.15) is 0 Å². The summed E-state index contributed by atoms with van der Waals surface area (Å²) in [6.07, 6.45) is 87.5. The minimum atomic E-state index is -1.53. The van der Waals surface area contributed by atoms with Crippen LogP contribution in [-0.4, -0.2) is 87.4 Å². The smallest absolute Gasteiger partial charge is 0.361 e. The Balaban J connectivity index is 4.28. The molecule has 0 aliphatic rings. The van der Waals surface area contributed by atoms with Gasteiger partial charge in [-0.05, 0) is 128 Å². The van der Waals surface area contributed by atoms with Crippen LogP contribution in [0.4, 0.5) is 0 Å². The maximum Gasteiger partial charge on any atom is 0.361 e. The number of ether oxygens (including phenoxy) is 4. The van der Waals surface area contributed by atoms with Gasteiger partial charge in [0.05, 0.1) is 34.4 Å². The molecule has 0 heterocycles. The number of esters is 2. The van der Waals surface area contributed by atoms with Crippen LogP contribution >= 0.6 is 0 Å². The first-order valence-corrected chi connectivity index (χ1v) is 31.6. The van der Waals surface area contributed by atoms with Crippen molar-refractivity contribution in [2.45, 2.75) is 232 Å². The highest BCUT2D eigenvalue weighted by atomic mass is 16.7.